The molecule has 9 nitrogen and oxygen atoms in total. The highest BCUT2D eigenvalue weighted by Gasteiger charge is 2.37. The van der Waals surface area contributed by atoms with E-state index in [9.17, 15) is 29.3 Å². The summed E-state index contributed by atoms with van der Waals surface area (Å²) in [6.07, 6.45) is 0. The Balaban J connectivity index is 1.47. The van der Waals surface area contributed by atoms with Gasteiger partial charge in [0, 0.05) is 17.7 Å². The van der Waals surface area contributed by atoms with Crippen LogP contribution in [0.1, 0.15) is 41.4 Å². The van der Waals surface area contributed by atoms with Crippen molar-refractivity contribution in [2.75, 3.05) is 11.5 Å². The molecule has 158 valence electrons. The lowest BCUT2D eigenvalue weighted by molar-refractivity contribution is -0.384. The Morgan fingerprint density at radius 1 is 0.844 bits per heavy atom. The monoisotopic (exact) mass is 430 g/mol. The number of benzene rings is 3. The van der Waals surface area contributed by atoms with Gasteiger partial charge < -0.3 is 4.74 Å². The SMILES string of the molecule is O=C(COC(=O)c1ccc2c(c1)C(=O)N(c1ccccc1)C2=O)c1ccc([N+](=O)[O-])cc1. The van der Waals surface area contributed by atoms with E-state index < -0.39 is 35.1 Å². The highest BCUT2D eigenvalue weighted by atomic mass is 16.6. The summed E-state index contributed by atoms with van der Waals surface area (Å²) in [6.45, 7) is -0.587. The standard InChI is InChI=1S/C23H14N2O7/c26-20(14-6-9-17(10-7-14)25(30)31)13-32-23(29)15-8-11-18-19(12-15)22(28)24(21(18)27)16-4-2-1-3-5-16/h1-12H,13H2. The Morgan fingerprint density at radius 2 is 1.47 bits per heavy atom. The van der Waals surface area contributed by atoms with Crippen LogP contribution in [0.25, 0.3) is 0 Å². The quantitative estimate of drug-likeness (QED) is 0.193. The molecule has 1 aliphatic rings. The minimum absolute atomic E-state index is 0.0105. The number of nitrogens with zero attached hydrogens (tertiary/aromatic N) is 2. The topological polar surface area (TPSA) is 124 Å². The first kappa shape index (κ1) is 20.6. The molecule has 0 aliphatic carbocycles. The molecule has 0 radical (unpaired) electrons. The molecule has 0 fully saturated rings. The van der Waals surface area contributed by atoms with Crippen molar-refractivity contribution in [3.05, 3.63) is 105 Å². The number of para-hydroxylation sites is 1. The summed E-state index contributed by atoms with van der Waals surface area (Å²) in [5, 5.41) is 10.7. The first-order chi connectivity index (χ1) is 15.4. The zero-order valence-electron chi connectivity index (χ0n) is 16.4. The maximum Gasteiger partial charge on any atom is 0.338 e. The number of ketones is 1. The van der Waals surface area contributed by atoms with Crippen molar-refractivity contribution < 1.29 is 28.8 Å². The van der Waals surface area contributed by atoms with Crippen molar-refractivity contribution in [3.63, 3.8) is 0 Å². The zero-order chi connectivity index (χ0) is 22.8. The molecular weight excluding hydrogens is 416 g/mol. The van der Waals surface area contributed by atoms with Crippen LogP contribution in [0.3, 0.4) is 0 Å². The molecule has 0 aromatic heterocycles. The first-order valence-corrected chi connectivity index (χ1v) is 9.39. The number of nitro benzene ring substituents is 1. The third kappa shape index (κ3) is 3.74. The second-order valence-corrected chi connectivity index (χ2v) is 6.84. The van der Waals surface area contributed by atoms with Crippen LogP contribution in [-0.4, -0.2) is 35.1 Å². The number of ether oxygens (including phenoxy) is 1. The number of carbonyl (C=O) groups is 4. The van der Waals surface area contributed by atoms with E-state index >= 15 is 0 Å². The summed E-state index contributed by atoms with van der Waals surface area (Å²) in [5.41, 5.74) is 0.636. The molecule has 0 N–H and O–H groups in total. The number of hydrogen-bond donors (Lipinski definition) is 0. The largest absolute Gasteiger partial charge is 0.454 e. The smallest absolute Gasteiger partial charge is 0.338 e. The normalized spacial score (nSPS) is 12.4. The van der Waals surface area contributed by atoms with Crippen LogP contribution in [0, 0.1) is 10.1 Å². The van der Waals surface area contributed by atoms with E-state index in [4.69, 9.17) is 4.74 Å². The summed E-state index contributed by atoms with van der Waals surface area (Å²) in [7, 11) is 0. The third-order valence-corrected chi connectivity index (χ3v) is 4.87. The Bertz CT molecular complexity index is 1270. The number of rotatable bonds is 6. The molecule has 4 rings (SSSR count). The van der Waals surface area contributed by atoms with E-state index in [1.807, 2.05) is 0 Å². The molecule has 3 aromatic rings. The van der Waals surface area contributed by atoms with Crippen molar-refractivity contribution in [1.82, 2.24) is 0 Å². The number of carbonyl (C=O) groups excluding carboxylic acids is 4. The Morgan fingerprint density at radius 3 is 2.12 bits per heavy atom. The zero-order valence-corrected chi connectivity index (χ0v) is 16.4. The van der Waals surface area contributed by atoms with E-state index in [0.717, 1.165) is 4.90 Å². The lowest BCUT2D eigenvalue weighted by Gasteiger charge is -2.13. The van der Waals surface area contributed by atoms with Gasteiger partial charge in [0.15, 0.2) is 12.4 Å². The number of fused-ring (bicyclic) bond motifs is 1. The van der Waals surface area contributed by atoms with Crippen molar-refractivity contribution in [3.8, 4) is 0 Å². The molecule has 0 saturated carbocycles. The molecule has 9 heteroatoms. The van der Waals surface area contributed by atoms with Crippen LogP contribution in [-0.2, 0) is 4.74 Å². The van der Waals surface area contributed by atoms with Gasteiger partial charge in [0.1, 0.15) is 0 Å². The molecule has 32 heavy (non-hydrogen) atoms. The number of nitro groups is 1. The minimum atomic E-state index is -0.846. The molecule has 0 bridgehead atoms. The van der Waals surface area contributed by atoms with Crippen molar-refractivity contribution in [2.45, 2.75) is 0 Å². The number of hydrogen-bond acceptors (Lipinski definition) is 7. The first-order valence-electron chi connectivity index (χ1n) is 9.39. The molecule has 3 aromatic carbocycles. The second kappa shape index (κ2) is 8.23. The van der Waals surface area contributed by atoms with Crippen LogP contribution in [0.4, 0.5) is 11.4 Å². The highest BCUT2D eigenvalue weighted by Crippen LogP contribution is 2.29. The fourth-order valence-corrected chi connectivity index (χ4v) is 3.25. The number of imide groups is 1. The highest BCUT2D eigenvalue weighted by molar-refractivity contribution is 6.34. The van der Waals surface area contributed by atoms with E-state index in [2.05, 4.69) is 0 Å². The molecule has 2 amide bonds. The molecule has 1 heterocycles. The number of anilines is 1. The minimum Gasteiger partial charge on any atom is -0.454 e. The van der Waals surface area contributed by atoms with Gasteiger partial charge in [0.25, 0.3) is 17.5 Å². The summed E-state index contributed by atoms with van der Waals surface area (Å²) in [5.74, 6) is -2.45. The van der Waals surface area contributed by atoms with Gasteiger partial charge in [-0.15, -0.1) is 0 Å². The van der Waals surface area contributed by atoms with Gasteiger partial charge in [0.05, 0.1) is 27.3 Å². The molecular formula is C23H14N2O7. The van der Waals surface area contributed by atoms with Crippen molar-refractivity contribution in [1.29, 1.82) is 0 Å². The summed E-state index contributed by atoms with van der Waals surface area (Å²) < 4.78 is 5.02. The van der Waals surface area contributed by atoms with Crippen molar-refractivity contribution >= 4 is 34.9 Å². The lowest BCUT2D eigenvalue weighted by Crippen LogP contribution is -2.29. The number of esters is 1. The van der Waals surface area contributed by atoms with Crippen LogP contribution < -0.4 is 4.90 Å². The van der Waals surface area contributed by atoms with E-state index in [-0.39, 0.29) is 27.9 Å². The Hall–Kier alpha value is -4.66. The predicted octanol–water partition coefficient (Wildman–Crippen LogP) is 3.44. The maximum atomic E-state index is 12.8. The summed E-state index contributed by atoms with van der Waals surface area (Å²) in [6, 6.07) is 17.3. The van der Waals surface area contributed by atoms with Gasteiger partial charge in [-0.2, -0.15) is 0 Å². The summed E-state index contributed by atoms with van der Waals surface area (Å²) in [4.78, 5) is 61.1. The second-order valence-electron chi connectivity index (χ2n) is 6.84. The molecule has 0 saturated heterocycles. The van der Waals surface area contributed by atoms with Crippen LogP contribution in [0.5, 0.6) is 0 Å². The summed E-state index contributed by atoms with van der Waals surface area (Å²) >= 11 is 0. The fraction of sp³-hybridized carbons (Fsp3) is 0.0435. The average Bonchev–Trinajstić information content (AvgIpc) is 3.07. The van der Waals surface area contributed by atoms with Crippen LogP contribution in [0.15, 0.2) is 72.8 Å². The van der Waals surface area contributed by atoms with Crippen LogP contribution >= 0.6 is 0 Å². The van der Waals surface area contributed by atoms with Gasteiger partial charge in [-0.25, -0.2) is 9.69 Å². The van der Waals surface area contributed by atoms with Gasteiger partial charge in [0.2, 0.25) is 0 Å². The predicted molar refractivity (Wildman–Crippen MR) is 112 cm³/mol. The van der Waals surface area contributed by atoms with E-state index in [1.165, 1.54) is 42.5 Å². The third-order valence-electron chi connectivity index (χ3n) is 4.87. The maximum absolute atomic E-state index is 12.8. The van der Waals surface area contributed by atoms with Gasteiger partial charge in [-0.3, -0.25) is 24.5 Å². The van der Waals surface area contributed by atoms with Gasteiger partial charge in [-0.05, 0) is 42.5 Å². The molecule has 0 spiro atoms. The molecule has 1 aliphatic heterocycles. The van der Waals surface area contributed by atoms with Crippen LogP contribution in [0.2, 0.25) is 0 Å². The Kier molecular flexibility index (Phi) is 5.30. The molecule has 0 unspecified atom stereocenters. The van der Waals surface area contributed by atoms with E-state index in [0.29, 0.717) is 5.69 Å². The number of Topliss-reactive ketones (excluding diaryl/α,β-unsaturated/α-hetero) is 1. The van der Waals surface area contributed by atoms with Gasteiger partial charge >= 0.3 is 5.97 Å². The van der Waals surface area contributed by atoms with Gasteiger partial charge in [-0.1, -0.05) is 18.2 Å². The average molecular weight is 430 g/mol. The molecule has 0 atom stereocenters. The lowest BCUT2D eigenvalue weighted by atomic mass is 10.1. The van der Waals surface area contributed by atoms with Crippen molar-refractivity contribution in [2.24, 2.45) is 0 Å². The fourth-order valence-electron chi connectivity index (χ4n) is 3.25. The Labute approximate surface area is 181 Å². The van der Waals surface area contributed by atoms with E-state index in [1.54, 1.807) is 30.3 Å². The number of amides is 2. The number of non-ortho nitro benzene ring substituents is 1.